The Labute approximate surface area is 290 Å². The van der Waals surface area contributed by atoms with Gasteiger partial charge in [-0.3, -0.25) is 0 Å². The number of piperidine rings is 2. The van der Waals surface area contributed by atoms with Crippen molar-refractivity contribution in [3.05, 3.63) is 0 Å². The first-order valence-corrected chi connectivity index (χ1v) is 19.8. The molecule has 0 saturated carbocycles. The quantitative estimate of drug-likeness (QED) is 0.119. The van der Waals surface area contributed by atoms with E-state index in [9.17, 15) is 0 Å². The lowest BCUT2D eigenvalue weighted by atomic mass is 9.87. The van der Waals surface area contributed by atoms with Crippen LogP contribution < -0.4 is 11.6 Å². The van der Waals surface area contributed by atoms with E-state index in [1.165, 1.54) is 83.8 Å². The van der Waals surface area contributed by atoms with Crippen molar-refractivity contribution in [2.24, 2.45) is 23.7 Å². The lowest BCUT2D eigenvalue weighted by Gasteiger charge is -2.33. The van der Waals surface area contributed by atoms with Gasteiger partial charge in [0.2, 0.25) is 0 Å². The van der Waals surface area contributed by atoms with Crippen molar-refractivity contribution in [3.63, 3.8) is 0 Å². The third kappa shape index (κ3) is 39.4. The minimum absolute atomic E-state index is 0.262. The predicted octanol–water partition coefficient (Wildman–Crippen LogP) is 9.12. The van der Waals surface area contributed by atoms with Gasteiger partial charge in [-0.1, -0.05) is 121 Å². The molecule has 2 aliphatic heterocycles. The number of rotatable bonds is 17. The summed E-state index contributed by atoms with van der Waals surface area (Å²) < 4.78 is 5.60. The first-order chi connectivity index (χ1) is 22.3. The minimum atomic E-state index is 0.262. The van der Waals surface area contributed by atoms with Crippen LogP contribution in [0, 0.1) is 29.1 Å². The molecule has 7 heteroatoms. The first-order valence-electron chi connectivity index (χ1n) is 19.8. The fraction of sp³-hybridized carbons (Fsp3) is 0.974. The van der Waals surface area contributed by atoms with Gasteiger partial charge in [-0.2, -0.15) is 5.26 Å². The van der Waals surface area contributed by atoms with Gasteiger partial charge in [0.15, 0.2) is 0 Å². The zero-order chi connectivity index (χ0) is 35.8. The molecular weight excluding hydrogens is 570 g/mol. The van der Waals surface area contributed by atoms with E-state index in [-0.39, 0.29) is 6.10 Å². The molecule has 2 saturated heterocycles. The second kappa shape index (κ2) is 44.2. The van der Waals surface area contributed by atoms with Gasteiger partial charge in [-0.15, -0.1) is 0 Å². The van der Waals surface area contributed by atoms with E-state index < -0.39 is 0 Å². The Balaban J connectivity index is -0.000000287. The number of unbranched alkanes of at least 4 members (excludes halogenated alkanes) is 6. The maximum Gasteiger partial charge on any atom is 0.0871 e. The van der Waals surface area contributed by atoms with E-state index in [1.807, 2.05) is 33.8 Å². The molecule has 5 N–H and O–H groups in total. The van der Waals surface area contributed by atoms with E-state index >= 15 is 0 Å². The van der Waals surface area contributed by atoms with Crippen molar-refractivity contribution in [1.29, 1.82) is 5.26 Å². The summed E-state index contributed by atoms with van der Waals surface area (Å²) in [6.07, 6.45) is 18.3. The molecule has 2 heterocycles. The van der Waals surface area contributed by atoms with Gasteiger partial charge >= 0.3 is 0 Å². The molecule has 0 unspecified atom stereocenters. The van der Waals surface area contributed by atoms with E-state index in [4.69, 9.17) is 20.7 Å². The third-order valence-electron chi connectivity index (χ3n) is 8.06. The number of nitriles is 1. The van der Waals surface area contributed by atoms with Crippen LogP contribution >= 0.6 is 0 Å². The second-order valence-corrected chi connectivity index (χ2v) is 13.0. The van der Waals surface area contributed by atoms with E-state index in [1.54, 1.807) is 0 Å². The number of hydrogen-bond acceptors (Lipinski definition) is 6. The Morgan fingerprint density at radius 3 is 1.65 bits per heavy atom. The molecule has 2 aliphatic rings. The lowest BCUT2D eigenvalue weighted by Crippen LogP contribution is -2.49. The number of ether oxygens (including phenoxy) is 1. The summed E-state index contributed by atoms with van der Waals surface area (Å²) in [6, 6.07) is 1.95. The summed E-state index contributed by atoms with van der Waals surface area (Å²) in [4.78, 5) is 9.97. The molecule has 0 aromatic heterocycles. The van der Waals surface area contributed by atoms with Gasteiger partial charge in [-0.05, 0) is 75.9 Å². The number of hydrogen-bond donors (Lipinski definition) is 2. The Hall–Kier alpha value is -0.750. The average molecular weight is 659 g/mol. The van der Waals surface area contributed by atoms with Crippen LogP contribution in [0.2, 0.25) is 0 Å². The highest BCUT2D eigenvalue weighted by Gasteiger charge is 2.21. The highest BCUT2D eigenvalue weighted by atomic mass is 16.6. The summed E-state index contributed by atoms with van der Waals surface area (Å²) in [5.41, 5.74) is 3.45. The normalized spacial score (nSPS) is 15.4. The Morgan fingerprint density at radius 2 is 1.24 bits per heavy atom. The zero-order valence-corrected chi connectivity index (χ0v) is 33.5. The van der Waals surface area contributed by atoms with Crippen LogP contribution in [0.4, 0.5) is 0 Å². The molecule has 0 radical (unpaired) electrons. The minimum Gasteiger partial charge on any atom is -0.380 e. The van der Waals surface area contributed by atoms with Crippen LogP contribution in [-0.4, -0.2) is 74.9 Å². The average Bonchev–Trinajstić information content (AvgIpc) is 3.08. The smallest absolute Gasteiger partial charge is 0.0871 e. The first kappa shape index (κ1) is 52.1. The summed E-state index contributed by atoms with van der Waals surface area (Å²) >= 11 is 0. The summed E-state index contributed by atoms with van der Waals surface area (Å²) in [6.45, 7) is 33.5. The molecule has 0 amide bonds. The highest BCUT2D eigenvalue weighted by Crippen LogP contribution is 2.24. The van der Waals surface area contributed by atoms with Crippen molar-refractivity contribution >= 4 is 0 Å². The van der Waals surface area contributed by atoms with E-state index in [0.29, 0.717) is 6.42 Å². The van der Waals surface area contributed by atoms with E-state index in [2.05, 4.69) is 64.0 Å². The molecule has 0 spiro atoms. The summed E-state index contributed by atoms with van der Waals surface area (Å²) in [5.74, 6) is 7.80. The molecule has 0 aliphatic carbocycles. The SMILES string of the molecule is CC.CC.CC(C)CCOCCN1CCC(ON)CC1.CCC.CCCCCCCCCN1CCC(C(C)C)CC1.N#CCC[NH3+]. The Morgan fingerprint density at radius 1 is 0.761 bits per heavy atom. The van der Waals surface area contributed by atoms with E-state index in [0.717, 1.165) is 76.4 Å². The van der Waals surface area contributed by atoms with Crippen molar-refractivity contribution in [2.75, 3.05) is 59.0 Å². The van der Waals surface area contributed by atoms with Crippen LogP contribution in [0.1, 0.15) is 166 Å². The van der Waals surface area contributed by atoms with Crippen LogP contribution in [0.15, 0.2) is 0 Å². The fourth-order valence-electron chi connectivity index (χ4n) is 5.10. The van der Waals surface area contributed by atoms with Crippen molar-refractivity contribution in [1.82, 2.24) is 9.80 Å². The molecule has 0 bridgehead atoms. The number of likely N-dealkylation sites (tertiary alicyclic amines) is 2. The molecule has 2 rings (SSSR count). The molecule has 280 valence electrons. The number of quaternary nitrogens is 1. The van der Waals surface area contributed by atoms with Gasteiger partial charge in [0.05, 0.1) is 31.7 Å². The van der Waals surface area contributed by atoms with Gasteiger partial charge in [-0.25, -0.2) is 5.90 Å². The maximum atomic E-state index is 7.78. The highest BCUT2D eigenvalue weighted by molar-refractivity contribution is 4.74. The fourth-order valence-corrected chi connectivity index (χ4v) is 5.10. The Bertz CT molecular complexity index is 555. The number of nitrogens with zero attached hydrogens (tertiary/aromatic N) is 3. The van der Waals surface area contributed by atoms with Crippen molar-refractivity contribution in [2.45, 2.75) is 172 Å². The van der Waals surface area contributed by atoms with Gasteiger partial charge in [0.1, 0.15) is 0 Å². The largest absolute Gasteiger partial charge is 0.380 e. The van der Waals surface area contributed by atoms with Crippen molar-refractivity contribution in [3.8, 4) is 6.07 Å². The number of nitrogens with two attached hydrogens (primary N) is 1. The van der Waals surface area contributed by atoms with Crippen LogP contribution in [0.25, 0.3) is 0 Å². The van der Waals surface area contributed by atoms with Crippen LogP contribution in [0.5, 0.6) is 0 Å². The van der Waals surface area contributed by atoms with Gasteiger partial charge in [0.25, 0.3) is 0 Å². The lowest BCUT2D eigenvalue weighted by molar-refractivity contribution is -0.365. The van der Waals surface area contributed by atoms with Gasteiger partial charge in [0, 0.05) is 26.2 Å². The monoisotopic (exact) mass is 659 g/mol. The molecule has 2 fully saturated rings. The standard InChI is InChI=1S/C17H35N.C12H26N2O2.C3H6N2.C3H8.2C2H6/c1-4-5-6-7-8-9-10-13-18-14-11-17(12-15-18)16(2)3;1-11(2)5-9-15-10-8-14-6-3-12(16-13)4-7-14;4-2-1-3-5;1-3-2;2*1-2/h16-17H,4-15H2,1-3H3;11-12H,3-10,13H2,1-2H3;1-2,4H2;3H2,1-2H3;2*1-2H3/p+1. The third-order valence-corrected chi connectivity index (χ3v) is 8.06. The molecule has 0 aromatic carbocycles. The van der Waals surface area contributed by atoms with Crippen LogP contribution in [0.3, 0.4) is 0 Å². The predicted molar refractivity (Wildman–Crippen MR) is 204 cm³/mol. The zero-order valence-electron chi connectivity index (χ0n) is 33.5. The molecule has 7 nitrogen and oxygen atoms in total. The molecular formula is C39H88N5O2+. The molecule has 0 aromatic rings. The van der Waals surface area contributed by atoms with Crippen LogP contribution in [-0.2, 0) is 9.57 Å². The van der Waals surface area contributed by atoms with Crippen molar-refractivity contribution < 1.29 is 15.3 Å². The maximum absolute atomic E-state index is 7.78. The Kier molecular flexibility index (Phi) is 50.1. The second-order valence-electron chi connectivity index (χ2n) is 13.0. The van der Waals surface area contributed by atoms with Gasteiger partial charge < -0.3 is 25.1 Å². The molecule has 0 atom stereocenters. The topological polar surface area (TPSA) is 102 Å². The summed E-state index contributed by atoms with van der Waals surface area (Å²) in [5, 5.41) is 7.78. The molecule has 46 heavy (non-hydrogen) atoms. The summed E-state index contributed by atoms with van der Waals surface area (Å²) in [7, 11) is 0.